The van der Waals surface area contributed by atoms with Gasteiger partial charge in [0.2, 0.25) is 5.89 Å². The van der Waals surface area contributed by atoms with E-state index in [0.29, 0.717) is 23.6 Å². The summed E-state index contributed by atoms with van der Waals surface area (Å²) < 4.78 is 18.3. The second-order valence-corrected chi connectivity index (χ2v) is 5.69. The molecule has 2 aliphatic rings. The van der Waals surface area contributed by atoms with E-state index in [1.54, 1.807) is 12.1 Å². The van der Waals surface area contributed by atoms with Crippen molar-refractivity contribution in [3.8, 4) is 0 Å². The molecule has 0 amide bonds. The number of piperidine rings is 1. The minimum Gasteiger partial charge on any atom is -0.371 e. The molecule has 0 spiro atoms. The molecule has 2 aromatic rings. The van der Waals surface area contributed by atoms with Crippen molar-refractivity contribution in [2.45, 2.75) is 11.8 Å². The highest BCUT2D eigenvalue weighted by molar-refractivity contribution is 6.16. The lowest BCUT2D eigenvalue weighted by Gasteiger charge is -2.21. The van der Waals surface area contributed by atoms with Crippen LogP contribution in [0.3, 0.4) is 0 Å². The highest BCUT2D eigenvalue weighted by Gasteiger charge is 2.58. The lowest BCUT2D eigenvalue weighted by atomic mass is 10.2. The molecule has 20 heavy (non-hydrogen) atoms. The van der Waals surface area contributed by atoms with Crippen molar-refractivity contribution in [2.75, 3.05) is 18.0 Å². The van der Waals surface area contributed by atoms with Crippen LogP contribution in [0.15, 0.2) is 28.8 Å². The molecule has 2 unspecified atom stereocenters. The van der Waals surface area contributed by atoms with Crippen LogP contribution in [0.5, 0.6) is 0 Å². The standard InChI is InChI=1S/C14H13ClFN3O/c15-5-12-17-14(18-20-12)13-10-6-19(7-11(10)13)9-3-1-2-8(16)4-9/h1-4,10-11,13H,5-7H2. The molecular weight excluding hydrogens is 281 g/mol. The third-order valence-corrected chi connectivity index (χ3v) is 4.49. The molecule has 1 aliphatic carbocycles. The zero-order chi connectivity index (χ0) is 13.7. The third-order valence-electron chi connectivity index (χ3n) is 4.26. The van der Waals surface area contributed by atoms with Gasteiger partial charge >= 0.3 is 0 Å². The average Bonchev–Trinajstić information content (AvgIpc) is 2.87. The van der Waals surface area contributed by atoms with E-state index in [1.807, 2.05) is 6.07 Å². The molecule has 1 aromatic carbocycles. The van der Waals surface area contributed by atoms with Crippen LogP contribution in [-0.4, -0.2) is 23.2 Å². The van der Waals surface area contributed by atoms with Crippen molar-refractivity contribution in [1.82, 2.24) is 10.1 Å². The third kappa shape index (κ3) is 1.88. The number of hydrogen-bond acceptors (Lipinski definition) is 4. The van der Waals surface area contributed by atoms with Gasteiger partial charge in [-0.3, -0.25) is 0 Å². The fraction of sp³-hybridized carbons (Fsp3) is 0.429. The van der Waals surface area contributed by atoms with Crippen molar-refractivity contribution in [1.29, 1.82) is 0 Å². The Labute approximate surface area is 120 Å². The van der Waals surface area contributed by atoms with E-state index in [2.05, 4.69) is 15.0 Å². The first kappa shape index (κ1) is 12.1. The molecule has 1 aliphatic heterocycles. The number of benzene rings is 1. The molecule has 1 saturated carbocycles. The number of nitrogens with zero attached hydrogens (tertiary/aromatic N) is 3. The second-order valence-electron chi connectivity index (χ2n) is 5.42. The number of alkyl halides is 1. The van der Waals surface area contributed by atoms with Crippen LogP contribution >= 0.6 is 11.6 Å². The summed E-state index contributed by atoms with van der Waals surface area (Å²) in [6.07, 6.45) is 0. The summed E-state index contributed by atoms with van der Waals surface area (Å²) in [6.45, 7) is 1.84. The first-order valence-electron chi connectivity index (χ1n) is 6.65. The summed E-state index contributed by atoms with van der Waals surface area (Å²) in [5.41, 5.74) is 0.950. The minimum absolute atomic E-state index is 0.190. The van der Waals surface area contributed by atoms with Crippen LogP contribution in [0, 0.1) is 17.7 Å². The van der Waals surface area contributed by atoms with Gasteiger partial charge in [0.15, 0.2) is 5.82 Å². The topological polar surface area (TPSA) is 42.2 Å². The average molecular weight is 294 g/mol. The predicted octanol–water partition coefficient (Wildman–Crippen LogP) is 2.80. The van der Waals surface area contributed by atoms with E-state index in [9.17, 15) is 4.39 Å². The SMILES string of the molecule is Fc1cccc(N2CC3C(C2)C3c2noc(CCl)n2)c1. The Morgan fingerprint density at radius 1 is 1.35 bits per heavy atom. The molecule has 0 bridgehead atoms. The molecule has 1 saturated heterocycles. The van der Waals surface area contributed by atoms with Gasteiger partial charge in [0.25, 0.3) is 0 Å². The van der Waals surface area contributed by atoms with Crippen molar-refractivity contribution < 1.29 is 8.91 Å². The fourth-order valence-electron chi connectivity index (χ4n) is 3.25. The maximum atomic E-state index is 13.2. The first-order chi connectivity index (χ1) is 9.76. The summed E-state index contributed by atoms with van der Waals surface area (Å²) in [5.74, 6) is 2.77. The number of halogens is 2. The summed E-state index contributed by atoms with van der Waals surface area (Å²) in [5, 5.41) is 3.99. The van der Waals surface area contributed by atoms with E-state index in [1.165, 1.54) is 6.07 Å². The van der Waals surface area contributed by atoms with E-state index in [-0.39, 0.29) is 11.7 Å². The molecule has 6 heteroatoms. The quantitative estimate of drug-likeness (QED) is 0.816. The molecule has 2 heterocycles. The molecule has 4 rings (SSSR count). The number of fused-ring (bicyclic) bond motifs is 1. The minimum atomic E-state index is -0.190. The molecule has 4 nitrogen and oxygen atoms in total. The van der Waals surface area contributed by atoms with Crippen molar-refractivity contribution in [2.24, 2.45) is 11.8 Å². The summed E-state index contributed by atoms with van der Waals surface area (Å²) >= 11 is 5.66. The smallest absolute Gasteiger partial charge is 0.241 e. The molecule has 0 radical (unpaired) electrons. The first-order valence-corrected chi connectivity index (χ1v) is 7.18. The Kier molecular flexibility index (Phi) is 2.70. The largest absolute Gasteiger partial charge is 0.371 e. The number of hydrogen-bond donors (Lipinski definition) is 0. The molecule has 2 fully saturated rings. The maximum Gasteiger partial charge on any atom is 0.241 e. The zero-order valence-corrected chi connectivity index (χ0v) is 11.4. The highest BCUT2D eigenvalue weighted by atomic mass is 35.5. The van der Waals surface area contributed by atoms with Crippen LogP contribution in [0.25, 0.3) is 0 Å². The van der Waals surface area contributed by atoms with Gasteiger partial charge in [-0.1, -0.05) is 11.2 Å². The number of aromatic nitrogens is 2. The Hall–Kier alpha value is -1.62. The zero-order valence-electron chi connectivity index (χ0n) is 10.7. The molecule has 2 atom stereocenters. The highest BCUT2D eigenvalue weighted by Crippen LogP contribution is 2.57. The van der Waals surface area contributed by atoms with Gasteiger partial charge in [-0.25, -0.2) is 4.39 Å². The van der Waals surface area contributed by atoms with Gasteiger partial charge in [0.1, 0.15) is 11.7 Å². The van der Waals surface area contributed by atoms with E-state index in [4.69, 9.17) is 16.1 Å². The van der Waals surface area contributed by atoms with Gasteiger partial charge in [-0.05, 0) is 30.0 Å². The van der Waals surface area contributed by atoms with Crippen LogP contribution in [0.1, 0.15) is 17.6 Å². The van der Waals surface area contributed by atoms with Crippen LogP contribution < -0.4 is 4.90 Å². The van der Waals surface area contributed by atoms with E-state index < -0.39 is 0 Å². The predicted molar refractivity (Wildman–Crippen MR) is 72.2 cm³/mol. The van der Waals surface area contributed by atoms with Gasteiger partial charge in [0, 0.05) is 24.7 Å². The molecule has 104 valence electrons. The summed E-state index contributed by atoms with van der Waals surface area (Å²) in [4.78, 5) is 6.52. The monoisotopic (exact) mass is 293 g/mol. The fourth-order valence-corrected chi connectivity index (χ4v) is 3.36. The van der Waals surface area contributed by atoms with Gasteiger partial charge < -0.3 is 9.42 Å². The van der Waals surface area contributed by atoms with E-state index >= 15 is 0 Å². The lowest BCUT2D eigenvalue weighted by molar-refractivity contribution is 0.383. The second kappa shape index (κ2) is 4.45. The van der Waals surface area contributed by atoms with Gasteiger partial charge in [-0.15, -0.1) is 11.6 Å². The molecular formula is C14H13ClFN3O. The van der Waals surface area contributed by atoms with Gasteiger partial charge in [0.05, 0.1) is 0 Å². The van der Waals surface area contributed by atoms with Crippen molar-refractivity contribution >= 4 is 17.3 Å². The Bertz CT molecular complexity index is 635. The van der Waals surface area contributed by atoms with E-state index in [0.717, 1.165) is 24.6 Å². The van der Waals surface area contributed by atoms with Gasteiger partial charge in [-0.2, -0.15) is 4.98 Å². The maximum absolute atomic E-state index is 13.2. The molecule has 1 aromatic heterocycles. The van der Waals surface area contributed by atoms with Crippen molar-refractivity contribution in [3.63, 3.8) is 0 Å². The lowest BCUT2D eigenvalue weighted by Crippen LogP contribution is -2.23. The Balaban J connectivity index is 1.46. The summed E-state index contributed by atoms with van der Waals surface area (Å²) in [7, 11) is 0. The van der Waals surface area contributed by atoms with Crippen molar-refractivity contribution in [3.05, 3.63) is 41.8 Å². The van der Waals surface area contributed by atoms with Crippen LogP contribution in [-0.2, 0) is 5.88 Å². The van der Waals surface area contributed by atoms with Crippen LogP contribution in [0.2, 0.25) is 0 Å². The van der Waals surface area contributed by atoms with Crippen LogP contribution in [0.4, 0.5) is 10.1 Å². The normalized spacial score (nSPS) is 27.7. The molecule has 0 N–H and O–H groups in total. The number of anilines is 1. The number of rotatable bonds is 3. The summed E-state index contributed by atoms with van der Waals surface area (Å²) in [6, 6.07) is 6.75. The Morgan fingerprint density at radius 3 is 2.80 bits per heavy atom. The Morgan fingerprint density at radius 2 is 2.15 bits per heavy atom.